The van der Waals surface area contributed by atoms with Gasteiger partial charge in [-0.05, 0) is 14.0 Å². The van der Waals surface area contributed by atoms with Crippen LogP contribution in [0.1, 0.15) is 33.5 Å². The second kappa shape index (κ2) is 6.71. The molecule has 0 saturated carbocycles. The Balaban J connectivity index is 1.94. The summed E-state index contributed by atoms with van der Waals surface area (Å²) in [6.07, 6.45) is 3.37. The van der Waals surface area contributed by atoms with Gasteiger partial charge in [0, 0.05) is 31.6 Å². The van der Waals surface area contributed by atoms with Gasteiger partial charge in [0.1, 0.15) is 5.82 Å². The van der Waals surface area contributed by atoms with Crippen molar-refractivity contribution in [3.8, 4) is 0 Å². The molecule has 1 aromatic rings. The molecule has 2 rings (SSSR count). The van der Waals surface area contributed by atoms with Gasteiger partial charge >= 0.3 is 0 Å². The Morgan fingerprint density at radius 1 is 1.18 bits per heavy atom. The summed E-state index contributed by atoms with van der Waals surface area (Å²) in [5, 5.41) is 2.91. The largest absolute Gasteiger partial charge is 0.322 e. The normalized spacial score (nSPS) is 19.0. The summed E-state index contributed by atoms with van der Waals surface area (Å²) in [6.45, 7) is 12.0. The van der Waals surface area contributed by atoms with Gasteiger partial charge in [0.2, 0.25) is 5.91 Å². The molecule has 0 aliphatic carbocycles. The van der Waals surface area contributed by atoms with E-state index in [0.29, 0.717) is 5.69 Å². The lowest BCUT2D eigenvalue weighted by atomic mass is 9.96. The third kappa shape index (κ3) is 4.24. The highest BCUT2D eigenvalue weighted by Crippen LogP contribution is 2.18. The van der Waals surface area contributed by atoms with Crippen molar-refractivity contribution in [2.75, 3.05) is 38.5 Å². The van der Waals surface area contributed by atoms with Gasteiger partial charge < -0.3 is 10.2 Å². The summed E-state index contributed by atoms with van der Waals surface area (Å²) in [5.41, 5.74) is 0.564. The predicted octanol–water partition coefficient (Wildman–Crippen LogP) is 1.35. The van der Waals surface area contributed by atoms with E-state index in [0.717, 1.165) is 32.0 Å². The van der Waals surface area contributed by atoms with Crippen LogP contribution in [0, 0.1) is 0 Å². The first kappa shape index (κ1) is 16.8. The molecule has 1 saturated heterocycles. The van der Waals surface area contributed by atoms with Crippen LogP contribution in [0.2, 0.25) is 0 Å². The van der Waals surface area contributed by atoms with E-state index in [4.69, 9.17) is 0 Å². The molecule has 1 aromatic heterocycles. The summed E-state index contributed by atoms with van der Waals surface area (Å²) in [6, 6.07) is -0.143. The maximum Gasteiger partial charge on any atom is 0.241 e. The zero-order chi connectivity index (χ0) is 16.3. The van der Waals surface area contributed by atoms with E-state index in [2.05, 4.69) is 52.9 Å². The molecule has 0 spiro atoms. The maximum atomic E-state index is 12.4. The van der Waals surface area contributed by atoms with Gasteiger partial charge in [-0.3, -0.25) is 9.69 Å². The van der Waals surface area contributed by atoms with Crippen molar-refractivity contribution in [2.45, 2.75) is 39.2 Å². The third-order valence-corrected chi connectivity index (χ3v) is 4.06. The summed E-state index contributed by atoms with van der Waals surface area (Å²) in [5.74, 6) is 0.772. The Bertz CT molecular complexity index is 500. The molecule has 1 fully saturated rings. The van der Waals surface area contributed by atoms with Crippen LogP contribution in [0.5, 0.6) is 0 Å². The molecule has 0 bridgehead atoms. The Morgan fingerprint density at radius 3 is 2.23 bits per heavy atom. The van der Waals surface area contributed by atoms with Crippen LogP contribution in [0.3, 0.4) is 0 Å². The number of aromatic nitrogens is 2. The Kier molecular flexibility index (Phi) is 5.13. The van der Waals surface area contributed by atoms with E-state index in [9.17, 15) is 4.79 Å². The first-order valence-corrected chi connectivity index (χ1v) is 7.83. The number of likely N-dealkylation sites (N-methyl/N-ethyl adjacent to an activating group) is 1. The molecule has 2 heterocycles. The minimum atomic E-state index is -0.143. The van der Waals surface area contributed by atoms with Crippen molar-refractivity contribution in [3.63, 3.8) is 0 Å². The number of nitrogens with zero attached hydrogens (tertiary/aromatic N) is 4. The number of rotatable bonds is 3. The monoisotopic (exact) mass is 305 g/mol. The van der Waals surface area contributed by atoms with Gasteiger partial charge in [0.05, 0.1) is 24.1 Å². The quantitative estimate of drug-likeness (QED) is 0.913. The molecule has 1 N–H and O–H groups in total. The Morgan fingerprint density at radius 2 is 1.73 bits per heavy atom. The minimum absolute atomic E-state index is 0.00309. The van der Waals surface area contributed by atoms with Gasteiger partial charge in [-0.25, -0.2) is 9.97 Å². The molecule has 1 unspecified atom stereocenters. The second-order valence-corrected chi connectivity index (χ2v) is 7.05. The van der Waals surface area contributed by atoms with Crippen LogP contribution >= 0.6 is 0 Å². The van der Waals surface area contributed by atoms with Crippen molar-refractivity contribution >= 4 is 11.6 Å². The number of nitrogens with one attached hydrogen (secondary N) is 1. The molecule has 1 aliphatic rings. The average Bonchev–Trinajstić information content (AvgIpc) is 2.47. The van der Waals surface area contributed by atoms with E-state index in [1.165, 1.54) is 0 Å². The van der Waals surface area contributed by atoms with Gasteiger partial charge in [-0.1, -0.05) is 20.8 Å². The number of hydrogen-bond donors (Lipinski definition) is 1. The Hall–Kier alpha value is -1.53. The van der Waals surface area contributed by atoms with Gasteiger partial charge in [0.15, 0.2) is 0 Å². The van der Waals surface area contributed by atoms with E-state index >= 15 is 0 Å². The zero-order valence-corrected chi connectivity index (χ0v) is 14.3. The molecule has 1 aliphatic heterocycles. The number of amides is 1. The molecular weight excluding hydrogens is 278 g/mol. The molecule has 6 heteroatoms. The standard InChI is InChI=1S/C16H27N5O/c1-12(21-8-6-20(5)7-9-21)14(22)19-13-10-17-15(18-11-13)16(2,3)4/h10-12H,6-9H2,1-5H3,(H,19,22). The van der Waals surface area contributed by atoms with E-state index in [-0.39, 0.29) is 17.4 Å². The van der Waals surface area contributed by atoms with Crippen LogP contribution in [0.4, 0.5) is 5.69 Å². The number of hydrogen-bond acceptors (Lipinski definition) is 5. The average molecular weight is 305 g/mol. The third-order valence-electron chi connectivity index (χ3n) is 4.06. The van der Waals surface area contributed by atoms with E-state index in [1.54, 1.807) is 12.4 Å². The van der Waals surface area contributed by atoms with Crippen molar-refractivity contribution in [1.29, 1.82) is 0 Å². The van der Waals surface area contributed by atoms with E-state index < -0.39 is 0 Å². The second-order valence-electron chi connectivity index (χ2n) is 7.05. The molecule has 0 aromatic carbocycles. The molecule has 22 heavy (non-hydrogen) atoms. The first-order valence-electron chi connectivity index (χ1n) is 7.83. The molecule has 122 valence electrons. The lowest BCUT2D eigenvalue weighted by Crippen LogP contribution is -2.51. The highest BCUT2D eigenvalue weighted by molar-refractivity contribution is 5.94. The highest BCUT2D eigenvalue weighted by Gasteiger charge is 2.24. The fourth-order valence-corrected chi connectivity index (χ4v) is 2.40. The highest BCUT2D eigenvalue weighted by atomic mass is 16.2. The van der Waals surface area contributed by atoms with Gasteiger partial charge in [-0.2, -0.15) is 0 Å². The molecular formula is C16H27N5O. The number of anilines is 1. The topological polar surface area (TPSA) is 61.4 Å². The minimum Gasteiger partial charge on any atom is -0.322 e. The van der Waals surface area contributed by atoms with E-state index in [1.807, 2.05) is 6.92 Å². The summed E-state index contributed by atoms with van der Waals surface area (Å²) >= 11 is 0. The molecule has 1 atom stereocenters. The molecule has 0 radical (unpaired) electrons. The fourth-order valence-electron chi connectivity index (χ4n) is 2.40. The van der Waals surface area contributed by atoms with Crippen molar-refractivity contribution in [1.82, 2.24) is 19.8 Å². The van der Waals surface area contributed by atoms with Crippen molar-refractivity contribution in [2.24, 2.45) is 0 Å². The van der Waals surface area contributed by atoms with Crippen LogP contribution in [-0.4, -0.2) is 64.9 Å². The summed E-state index contributed by atoms with van der Waals surface area (Å²) in [7, 11) is 2.11. The lowest BCUT2D eigenvalue weighted by molar-refractivity contribution is -0.121. The first-order chi connectivity index (χ1) is 10.3. The van der Waals surface area contributed by atoms with Crippen LogP contribution in [-0.2, 0) is 10.2 Å². The zero-order valence-electron chi connectivity index (χ0n) is 14.3. The van der Waals surface area contributed by atoms with Gasteiger partial charge in [-0.15, -0.1) is 0 Å². The van der Waals surface area contributed by atoms with Crippen molar-refractivity contribution in [3.05, 3.63) is 18.2 Å². The number of carbonyl (C=O) groups is 1. The van der Waals surface area contributed by atoms with Crippen molar-refractivity contribution < 1.29 is 4.79 Å². The fraction of sp³-hybridized carbons (Fsp3) is 0.688. The smallest absolute Gasteiger partial charge is 0.241 e. The summed E-state index contributed by atoms with van der Waals surface area (Å²) in [4.78, 5) is 25.5. The molecule has 6 nitrogen and oxygen atoms in total. The predicted molar refractivity (Wildman–Crippen MR) is 87.9 cm³/mol. The number of carbonyl (C=O) groups excluding carboxylic acids is 1. The number of piperazine rings is 1. The van der Waals surface area contributed by atoms with Crippen LogP contribution in [0.25, 0.3) is 0 Å². The SMILES string of the molecule is CC(C(=O)Nc1cnc(C(C)(C)C)nc1)N1CCN(C)CC1. The van der Waals surface area contributed by atoms with Crippen LogP contribution < -0.4 is 5.32 Å². The van der Waals surface area contributed by atoms with Crippen LogP contribution in [0.15, 0.2) is 12.4 Å². The van der Waals surface area contributed by atoms with Gasteiger partial charge in [0.25, 0.3) is 0 Å². The summed E-state index contributed by atoms with van der Waals surface area (Å²) < 4.78 is 0. The molecule has 1 amide bonds. The lowest BCUT2D eigenvalue weighted by Gasteiger charge is -2.35. The maximum absolute atomic E-state index is 12.4. The Labute approximate surface area is 132 Å².